The standard InChI is InChI=1S/C46H42BN3/c1-31-19-23-34(24-20-31)48(35-25-21-32(2)22-26-35)36-29-41-43-42(30-36)50-44-37(45(3)27-10-11-28-46(45,50)4)15-12-17-39(44)47(43)38-16-8-9-18-40(38)49(41)33-13-6-5-7-14-33/h5-9,12-26,29-30H,10-11,27-28H2,1-4H3. The second kappa shape index (κ2) is 10.6. The largest absolute Gasteiger partial charge is 0.335 e. The first-order chi connectivity index (χ1) is 24.4. The summed E-state index contributed by atoms with van der Waals surface area (Å²) < 4.78 is 0. The molecular weight excluding hydrogens is 605 g/mol. The van der Waals surface area contributed by atoms with Crippen molar-refractivity contribution < 1.29 is 0 Å². The van der Waals surface area contributed by atoms with E-state index in [1.54, 1.807) is 0 Å². The summed E-state index contributed by atoms with van der Waals surface area (Å²) in [5.41, 5.74) is 18.4. The van der Waals surface area contributed by atoms with Crippen molar-refractivity contribution in [2.75, 3.05) is 14.7 Å². The van der Waals surface area contributed by atoms with Crippen LogP contribution in [0.25, 0.3) is 0 Å². The van der Waals surface area contributed by atoms with E-state index in [9.17, 15) is 0 Å². The predicted octanol–water partition coefficient (Wildman–Crippen LogP) is 10.1. The molecule has 3 nitrogen and oxygen atoms in total. The molecule has 0 radical (unpaired) electrons. The highest BCUT2D eigenvalue weighted by molar-refractivity contribution is 7.00. The van der Waals surface area contributed by atoms with Crippen LogP contribution in [0.1, 0.15) is 56.2 Å². The van der Waals surface area contributed by atoms with Gasteiger partial charge in [-0.1, -0.05) is 110 Å². The van der Waals surface area contributed by atoms with Crippen molar-refractivity contribution >= 4 is 68.6 Å². The summed E-state index contributed by atoms with van der Waals surface area (Å²) in [6.45, 7) is 9.62. The van der Waals surface area contributed by atoms with Gasteiger partial charge in [0.2, 0.25) is 0 Å². The number of anilines is 8. The van der Waals surface area contributed by atoms with Gasteiger partial charge in [-0.15, -0.1) is 0 Å². The number of hydrogen-bond donors (Lipinski definition) is 0. The summed E-state index contributed by atoms with van der Waals surface area (Å²) >= 11 is 0. The molecule has 1 aliphatic carbocycles. The lowest BCUT2D eigenvalue weighted by atomic mass is 9.33. The minimum Gasteiger partial charge on any atom is -0.335 e. The Balaban J connectivity index is 1.33. The van der Waals surface area contributed by atoms with Crippen LogP contribution in [0.5, 0.6) is 0 Å². The zero-order valence-corrected chi connectivity index (χ0v) is 29.4. The lowest BCUT2D eigenvalue weighted by Gasteiger charge is -2.53. The molecule has 6 aromatic rings. The van der Waals surface area contributed by atoms with Gasteiger partial charge in [0.05, 0.1) is 11.2 Å². The third kappa shape index (κ3) is 3.93. The third-order valence-corrected chi connectivity index (χ3v) is 12.7. The van der Waals surface area contributed by atoms with E-state index in [0.717, 1.165) is 11.4 Å². The maximum Gasteiger partial charge on any atom is 0.252 e. The zero-order chi connectivity index (χ0) is 33.8. The SMILES string of the molecule is Cc1ccc(N(c2ccc(C)cc2)c2cc3c4c(c2)N2c5c(cccc5C5(C)CCCCC25C)B4c2ccccc2N3c2ccccc2)cc1. The maximum absolute atomic E-state index is 2.83. The van der Waals surface area contributed by atoms with Gasteiger partial charge < -0.3 is 14.7 Å². The molecule has 0 N–H and O–H groups in total. The molecule has 0 bridgehead atoms. The molecule has 10 rings (SSSR count). The second-order valence-electron chi connectivity index (χ2n) is 15.5. The molecule has 4 aliphatic rings. The monoisotopic (exact) mass is 647 g/mol. The smallest absolute Gasteiger partial charge is 0.252 e. The number of rotatable bonds is 4. The van der Waals surface area contributed by atoms with E-state index in [-0.39, 0.29) is 17.7 Å². The fourth-order valence-electron chi connectivity index (χ4n) is 10.0. The quantitative estimate of drug-likeness (QED) is 0.176. The first-order valence-corrected chi connectivity index (χ1v) is 18.4. The van der Waals surface area contributed by atoms with Crippen LogP contribution in [0.3, 0.4) is 0 Å². The Bertz CT molecular complexity index is 2250. The van der Waals surface area contributed by atoms with E-state index >= 15 is 0 Å². The number of fused-ring (bicyclic) bond motifs is 7. The van der Waals surface area contributed by atoms with Gasteiger partial charge in [-0.05, 0) is 110 Å². The molecule has 6 aromatic carbocycles. The Labute approximate surface area is 296 Å². The van der Waals surface area contributed by atoms with Crippen LogP contribution in [0.15, 0.2) is 133 Å². The molecule has 3 heterocycles. The van der Waals surface area contributed by atoms with Crippen molar-refractivity contribution in [3.63, 3.8) is 0 Å². The second-order valence-corrected chi connectivity index (χ2v) is 15.5. The topological polar surface area (TPSA) is 9.72 Å². The molecule has 2 unspecified atom stereocenters. The van der Waals surface area contributed by atoms with Gasteiger partial charge in [0.1, 0.15) is 0 Å². The summed E-state index contributed by atoms with van der Waals surface area (Å²) in [6, 6.07) is 50.4. The summed E-state index contributed by atoms with van der Waals surface area (Å²) in [5.74, 6) is 0. The van der Waals surface area contributed by atoms with Crippen LogP contribution < -0.4 is 31.1 Å². The van der Waals surface area contributed by atoms with Crippen molar-refractivity contribution in [3.05, 3.63) is 150 Å². The van der Waals surface area contributed by atoms with Crippen molar-refractivity contribution in [1.82, 2.24) is 0 Å². The molecule has 1 fully saturated rings. The molecule has 0 aromatic heterocycles. The van der Waals surface area contributed by atoms with Gasteiger partial charge in [0, 0.05) is 45.2 Å². The lowest BCUT2D eigenvalue weighted by molar-refractivity contribution is 0.195. The number of aryl methyl sites for hydroxylation is 2. The van der Waals surface area contributed by atoms with Gasteiger partial charge in [-0.3, -0.25) is 0 Å². The molecule has 4 heteroatoms. The van der Waals surface area contributed by atoms with Crippen molar-refractivity contribution in [1.29, 1.82) is 0 Å². The third-order valence-electron chi connectivity index (χ3n) is 12.7. The van der Waals surface area contributed by atoms with Crippen LogP contribution in [0.2, 0.25) is 0 Å². The Kier molecular flexibility index (Phi) is 6.32. The average molecular weight is 648 g/mol. The molecule has 244 valence electrons. The van der Waals surface area contributed by atoms with Gasteiger partial charge in [0.15, 0.2) is 0 Å². The Morgan fingerprint density at radius 2 is 1.20 bits per heavy atom. The zero-order valence-electron chi connectivity index (χ0n) is 29.4. The predicted molar refractivity (Wildman–Crippen MR) is 213 cm³/mol. The molecular formula is C46H42BN3. The van der Waals surface area contributed by atoms with Crippen molar-refractivity contribution in [2.24, 2.45) is 0 Å². The summed E-state index contributed by atoms with van der Waals surface area (Å²) in [6.07, 6.45) is 4.94. The summed E-state index contributed by atoms with van der Waals surface area (Å²) in [4.78, 5) is 7.83. The number of hydrogen-bond acceptors (Lipinski definition) is 3. The lowest BCUT2D eigenvalue weighted by Crippen LogP contribution is -2.64. The minimum absolute atomic E-state index is 0.0336. The van der Waals surface area contributed by atoms with E-state index in [4.69, 9.17) is 0 Å². The first kappa shape index (κ1) is 29.7. The van der Waals surface area contributed by atoms with Gasteiger partial charge in [-0.25, -0.2) is 0 Å². The molecule has 0 saturated heterocycles. The fraction of sp³-hybridized carbons (Fsp3) is 0.217. The van der Waals surface area contributed by atoms with E-state index in [2.05, 4.69) is 176 Å². The van der Waals surface area contributed by atoms with Crippen LogP contribution >= 0.6 is 0 Å². The highest BCUT2D eigenvalue weighted by Gasteiger charge is 2.61. The van der Waals surface area contributed by atoms with Crippen LogP contribution in [0.4, 0.5) is 45.5 Å². The van der Waals surface area contributed by atoms with E-state index in [1.807, 2.05) is 0 Å². The molecule has 1 saturated carbocycles. The van der Waals surface area contributed by atoms with E-state index in [0.29, 0.717) is 0 Å². The molecule has 0 amide bonds. The summed E-state index contributed by atoms with van der Waals surface area (Å²) in [7, 11) is 0. The van der Waals surface area contributed by atoms with Crippen molar-refractivity contribution in [3.8, 4) is 0 Å². The minimum atomic E-state index is -0.0336. The fourth-order valence-corrected chi connectivity index (χ4v) is 10.0. The number of benzene rings is 6. The van der Waals surface area contributed by atoms with Crippen LogP contribution in [0, 0.1) is 13.8 Å². The van der Waals surface area contributed by atoms with Crippen LogP contribution in [-0.4, -0.2) is 12.3 Å². The van der Waals surface area contributed by atoms with Gasteiger partial charge >= 0.3 is 0 Å². The van der Waals surface area contributed by atoms with E-state index in [1.165, 1.54) is 92.9 Å². The van der Waals surface area contributed by atoms with Crippen molar-refractivity contribution in [2.45, 2.75) is 64.3 Å². The Hall–Kier alpha value is -5.22. The van der Waals surface area contributed by atoms with Gasteiger partial charge in [0.25, 0.3) is 6.71 Å². The van der Waals surface area contributed by atoms with Gasteiger partial charge in [-0.2, -0.15) is 0 Å². The normalized spacial score (nSPS) is 20.9. The maximum atomic E-state index is 2.83. The van der Waals surface area contributed by atoms with E-state index < -0.39 is 0 Å². The summed E-state index contributed by atoms with van der Waals surface area (Å²) in [5, 5.41) is 0. The highest BCUT2D eigenvalue weighted by Crippen LogP contribution is 2.62. The Morgan fingerprint density at radius 3 is 1.92 bits per heavy atom. The number of nitrogens with zero attached hydrogens (tertiary/aromatic N) is 3. The Morgan fingerprint density at radius 1 is 0.580 bits per heavy atom. The molecule has 2 atom stereocenters. The number of para-hydroxylation sites is 3. The molecule has 3 aliphatic heterocycles. The van der Waals surface area contributed by atoms with Crippen LogP contribution in [-0.2, 0) is 5.41 Å². The molecule has 50 heavy (non-hydrogen) atoms. The molecule has 0 spiro atoms. The first-order valence-electron chi connectivity index (χ1n) is 18.4. The average Bonchev–Trinajstić information content (AvgIpc) is 3.36. The highest BCUT2D eigenvalue weighted by atomic mass is 15.3.